The largest absolute Gasteiger partial charge is 0.458 e. The van der Waals surface area contributed by atoms with Gasteiger partial charge in [0.05, 0.1) is 5.56 Å². The average Bonchev–Trinajstić information content (AvgIpc) is 2.42. The van der Waals surface area contributed by atoms with E-state index >= 15 is 0 Å². The molecule has 0 aliphatic carbocycles. The molecule has 0 aromatic heterocycles. The lowest BCUT2D eigenvalue weighted by atomic mass is 9.86. The third-order valence-electron chi connectivity index (χ3n) is 3.37. The van der Waals surface area contributed by atoms with E-state index in [9.17, 15) is 9.59 Å². The number of hydrogen-bond acceptors (Lipinski definition) is 3. The second kappa shape index (κ2) is 6.37. The molecule has 4 nitrogen and oxygen atoms in total. The number of carbonyl (C=O) groups is 2. The fourth-order valence-corrected chi connectivity index (χ4v) is 2.77. The van der Waals surface area contributed by atoms with Gasteiger partial charge in [-0.1, -0.05) is 43.8 Å². The Kier molecular flexibility index (Phi) is 4.72. The molecule has 0 radical (unpaired) electrons. The normalized spacial score (nSPS) is 21.7. The number of amides is 1. The summed E-state index contributed by atoms with van der Waals surface area (Å²) in [7, 11) is -1.49. The van der Waals surface area contributed by atoms with Crippen molar-refractivity contribution in [3.05, 3.63) is 35.9 Å². The molecule has 1 saturated heterocycles. The van der Waals surface area contributed by atoms with Gasteiger partial charge in [0, 0.05) is 0 Å². The van der Waals surface area contributed by atoms with Gasteiger partial charge < -0.3 is 10.1 Å². The molecular formula is C17H21NO3Si. The molecular weight excluding hydrogens is 294 g/mol. The third kappa shape index (κ3) is 3.98. The maximum atomic E-state index is 12.0. The van der Waals surface area contributed by atoms with Crippen molar-refractivity contribution in [3.63, 3.8) is 0 Å². The second-order valence-corrected chi connectivity index (χ2v) is 11.3. The number of ether oxygens (including phenoxy) is 1. The Morgan fingerprint density at radius 1 is 1.27 bits per heavy atom. The number of nitrogens with one attached hydrogen (secondary N) is 1. The molecule has 1 aliphatic heterocycles. The predicted octanol–water partition coefficient (Wildman–Crippen LogP) is 2.23. The first-order valence-electron chi connectivity index (χ1n) is 7.37. The third-order valence-corrected chi connectivity index (χ3v) is 4.26. The second-order valence-electron chi connectivity index (χ2n) is 6.51. The summed E-state index contributed by atoms with van der Waals surface area (Å²) in [6.07, 6.45) is -0.498. The molecule has 3 atom stereocenters. The van der Waals surface area contributed by atoms with Gasteiger partial charge in [0.15, 0.2) is 0 Å². The molecule has 22 heavy (non-hydrogen) atoms. The van der Waals surface area contributed by atoms with Gasteiger partial charge in [0.2, 0.25) is 5.91 Å². The van der Waals surface area contributed by atoms with Gasteiger partial charge in [-0.2, -0.15) is 0 Å². The quantitative estimate of drug-likeness (QED) is 0.403. The van der Waals surface area contributed by atoms with Crippen molar-refractivity contribution in [1.82, 2.24) is 5.32 Å². The topological polar surface area (TPSA) is 55.4 Å². The minimum absolute atomic E-state index is 0.108. The molecule has 0 saturated carbocycles. The maximum absolute atomic E-state index is 12.0. The van der Waals surface area contributed by atoms with Crippen LogP contribution in [0.25, 0.3) is 0 Å². The molecule has 1 heterocycles. The van der Waals surface area contributed by atoms with E-state index in [-0.39, 0.29) is 11.9 Å². The lowest BCUT2D eigenvalue weighted by molar-refractivity contribution is -0.138. The highest BCUT2D eigenvalue weighted by Crippen LogP contribution is 2.22. The zero-order valence-corrected chi connectivity index (χ0v) is 14.3. The van der Waals surface area contributed by atoms with E-state index in [0.717, 1.165) is 0 Å². The first-order chi connectivity index (χ1) is 10.3. The first kappa shape index (κ1) is 16.3. The molecule has 1 amide bonds. The standard InChI is InChI=1S/C17H21NO3Si/c1-12(21-17(20)13-8-6-5-7-9-13)15-14(18-16(15)19)10-11-22(2,3)4/h5-9,12,14-15H,1-4H3,(H,18,19)/t12?,14-,15-/m0/s1. The number of esters is 1. The molecule has 1 aromatic carbocycles. The number of benzene rings is 1. The Hall–Kier alpha value is -2.06. The molecule has 5 heteroatoms. The summed E-state index contributed by atoms with van der Waals surface area (Å²) in [6.45, 7) is 8.19. The monoisotopic (exact) mass is 315 g/mol. The molecule has 116 valence electrons. The van der Waals surface area contributed by atoms with E-state index in [1.54, 1.807) is 31.2 Å². The van der Waals surface area contributed by atoms with Gasteiger partial charge in [-0.05, 0) is 19.1 Å². The molecule has 1 aliphatic rings. The fraction of sp³-hybridized carbons (Fsp3) is 0.412. The summed E-state index contributed by atoms with van der Waals surface area (Å²) in [5, 5.41) is 2.78. The Bertz CT molecular complexity index is 625. The van der Waals surface area contributed by atoms with E-state index in [1.165, 1.54) is 0 Å². The number of carbonyl (C=O) groups excluding carboxylic acids is 2. The molecule has 1 unspecified atom stereocenters. The van der Waals surface area contributed by atoms with Crippen LogP contribution in [0.1, 0.15) is 17.3 Å². The zero-order chi connectivity index (χ0) is 16.3. The zero-order valence-electron chi connectivity index (χ0n) is 13.3. The van der Waals surface area contributed by atoms with E-state index in [0.29, 0.717) is 5.56 Å². The van der Waals surface area contributed by atoms with Crippen LogP contribution in [0.2, 0.25) is 19.6 Å². The van der Waals surface area contributed by atoms with E-state index < -0.39 is 26.1 Å². The van der Waals surface area contributed by atoms with E-state index in [2.05, 4.69) is 36.4 Å². The molecule has 0 bridgehead atoms. The van der Waals surface area contributed by atoms with Crippen LogP contribution in [-0.4, -0.2) is 32.1 Å². The minimum atomic E-state index is -1.49. The summed E-state index contributed by atoms with van der Waals surface area (Å²) in [6, 6.07) is 8.55. The van der Waals surface area contributed by atoms with Crippen molar-refractivity contribution in [2.75, 3.05) is 0 Å². The lowest BCUT2D eigenvalue weighted by Gasteiger charge is -2.36. The Labute approximate surface area is 132 Å². The first-order valence-corrected chi connectivity index (χ1v) is 10.9. The van der Waals surface area contributed by atoms with Crippen molar-refractivity contribution in [2.45, 2.75) is 38.7 Å². The summed E-state index contributed by atoms with van der Waals surface area (Å²) >= 11 is 0. The van der Waals surface area contributed by atoms with Gasteiger partial charge >= 0.3 is 5.97 Å². The summed E-state index contributed by atoms with van der Waals surface area (Å²) in [5.74, 6) is 2.21. The lowest BCUT2D eigenvalue weighted by Crippen LogP contribution is -2.62. The van der Waals surface area contributed by atoms with Crippen molar-refractivity contribution < 1.29 is 14.3 Å². The van der Waals surface area contributed by atoms with Gasteiger partial charge in [-0.3, -0.25) is 4.79 Å². The van der Waals surface area contributed by atoms with Crippen LogP contribution in [0, 0.1) is 17.4 Å². The van der Waals surface area contributed by atoms with Crippen LogP contribution < -0.4 is 5.32 Å². The Morgan fingerprint density at radius 3 is 2.45 bits per heavy atom. The molecule has 1 N–H and O–H groups in total. The minimum Gasteiger partial charge on any atom is -0.458 e. The summed E-state index contributed by atoms with van der Waals surface area (Å²) in [5.41, 5.74) is 3.73. The van der Waals surface area contributed by atoms with Crippen molar-refractivity contribution in [3.8, 4) is 11.5 Å². The Morgan fingerprint density at radius 2 is 1.91 bits per heavy atom. The summed E-state index contributed by atoms with van der Waals surface area (Å²) in [4.78, 5) is 23.8. The average molecular weight is 315 g/mol. The van der Waals surface area contributed by atoms with Crippen LogP contribution in [0.5, 0.6) is 0 Å². The van der Waals surface area contributed by atoms with E-state index in [1.807, 2.05) is 6.07 Å². The highest BCUT2D eigenvalue weighted by molar-refractivity contribution is 6.83. The van der Waals surface area contributed by atoms with Crippen molar-refractivity contribution >= 4 is 20.0 Å². The number of rotatable bonds is 3. The fourth-order valence-electron chi connectivity index (χ4n) is 2.18. The Balaban J connectivity index is 2.01. The maximum Gasteiger partial charge on any atom is 0.338 e. The highest BCUT2D eigenvalue weighted by atomic mass is 28.3. The van der Waals surface area contributed by atoms with Crippen molar-refractivity contribution in [2.24, 2.45) is 5.92 Å². The number of hydrogen-bond donors (Lipinski definition) is 1. The number of β-lactam (4-membered cyclic amide) rings is 1. The van der Waals surface area contributed by atoms with E-state index in [4.69, 9.17) is 4.74 Å². The smallest absolute Gasteiger partial charge is 0.338 e. The van der Waals surface area contributed by atoms with Crippen LogP contribution in [0.4, 0.5) is 0 Å². The molecule has 2 rings (SSSR count). The SMILES string of the molecule is CC(OC(=O)c1ccccc1)[C@@H]1C(=O)N[C@H]1C#C[Si](C)(C)C. The molecule has 0 spiro atoms. The highest BCUT2D eigenvalue weighted by Gasteiger charge is 2.44. The van der Waals surface area contributed by atoms with Crippen LogP contribution in [0.3, 0.4) is 0 Å². The van der Waals surface area contributed by atoms with Gasteiger partial charge in [0.1, 0.15) is 26.1 Å². The van der Waals surface area contributed by atoms with Gasteiger partial charge in [0.25, 0.3) is 0 Å². The molecule has 1 fully saturated rings. The van der Waals surface area contributed by atoms with Crippen LogP contribution in [-0.2, 0) is 9.53 Å². The van der Waals surface area contributed by atoms with Crippen molar-refractivity contribution in [1.29, 1.82) is 0 Å². The van der Waals surface area contributed by atoms with Gasteiger partial charge in [-0.15, -0.1) is 5.54 Å². The van der Waals surface area contributed by atoms with Gasteiger partial charge in [-0.25, -0.2) is 4.79 Å². The van der Waals surface area contributed by atoms with Crippen LogP contribution in [0.15, 0.2) is 30.3 Å². The molecule has 1 aromatic rings. The summed E-state index contributed by atoms with van der Waals surface area (Å²) < 4.78 is 5.42. The predicted molar refractivity (Wildman–Crippen MR) is 87.9 cm³/mol. The van der Waals surface area contributed by atoms with Crippen LogP contribution >= 0.6 is 0 Å².